The Morgan fingerprint density at radius 1 is 1.50 bits per heavy atom. The normalized spacial score (nSPS) is 14.6. The number of hydrogen-bond donors (Lipinski definition) is 0. The van der Waals surface area contributed by atoms with Gasteiger partial charge in [0, 0.05) is 11.0 Å². The minimum atomic E-state index is -0.790. The molecule has 20 heavy (non-hydrogen) atoms. The highest BCUT2D eigenvalue weighted by atomic mass is 79.9. The van der Waals surface area contributed by atoms with Crippen LogP contribution in [0, 0.1) is 5.41 Å². The van der Waals surface area contributed by atoms with Crippen molar-refractivity contribution in [2.24, 2.45) is 5.41 Å². The second kappa shape index (κ2) is 5.44. The van der Waals surface area contributed by atoms with E-state index >= 15 is 0 Å². The largest absolute Gasteiger partial charge is 0.482 e. The van der Waals surface area contributed by atoms with Gasteiger partial charge in [0.15, 0.2) is 6.61 Å². The number of hydrogen-bond acceptors (Lipinski definition) is 4. The first kappa shape index (κ1) is 14.8. The number of halogens is 1. The predicted octanol–water partition coefficient (Wildman–Crippen LogP) is 2.37. The number of amides is 1. The van der Waals surface area contributed by atoms with Gasteiger partial charge in [-0.05, 0) is 32.0 Å². The molecule has 1 aromatic carbocycles. The molecule has 0 radical (unpaired) electrons. The monoisotopic (exact) mass is 341 g/mol. The van der Waals surface area contributed by atoms with Gasteiger partial charge in [0.1, 0.15) is 5.75 Å². The lowest BCUT2D eigenvalue weighted by Crippen LogP contribution is -2.46. The number of carbonyl (C=O) groups is 2. The molecule has 1 aliphatic heterocycles. The van der Waals surface area contributed by atoms with Crippen LogP contribution in [-0.4, -0.2) is 32.1 Å². The van der Waals surface area contributed by atoms with E-state index in [1.807, 2.05) is 6.07 Å². The fraction of sp³-hybridized carbons (Fsp3) is 0.429. The number of rotatable bonds is 3. The summed E-state index contributed by atoms with van der Waals surface area (Å²) in [7, 11) is 1.34. The van der Waals surface area contributed by atoms with Crippen molar-refractivity contribution < 1.29 is 19.1 Å². The molecular formula is C14H16BrNO4. The lowest BCUT2D eigenvalue weighted by atomic mass is 9.92. The zero-order valence-electron chi connectivity index (χ0n) is 11.6. The van der Waals surface area contributed by atoms with Crippen LogP contribution >= 0.6 is 15.9 Å². The molecule has 0 spiro atoms. The number of carbonyl (C=O) groups excluding carboxylic acids is 2. The highest BCUT2D eigenvalue weighted by Gasteiger charge is 2.36. The molecule has 0 N–H and O–H groups in total. The van der Waals surface area contributed by atoms with Crippen molar-refractivity contribution >= 4 is 33.5 Å². The van der Waals surface area contributed by atoms with Crippen LogP contribution in [0.3, 0.4) is 0 Å². The van der Waals surface area contributed by atoms with Crippen LogP contribution in [0.1, 0.15) is 13.8 Å². The van der Waals surface area contributed by atoms with Gasteiger partial charge >= 0.3 is 5.97 Å². The standard InChI is InChI=1S/C14H16BrNO4/c1-14(2,13(18)19-3)8-16-10-6-9(15)4-5-11(10)20-7-12(16)17/h4-6H,7-8H2,1-3H3. The summed E-state index contributed by atoms with van der Waals surface area (Å²) in [6.07, 6.45) is 0. The van der Waals surface area contributed by atoms with Crippen molar-refractivity contribution in [2.45, 2.75) is 13.8 Å². The molecule has 1 heterocycles. The predicted molar refractivity (Wildman–Crippen MR) is 77.8 cm³/mol. The van der Waals surface area contributed by atoms with E-state index in [0.717, 1.165) is 4.47 Å². The first-order valence-electron chi connectivity index (χ1n) is 6.16. The van der Waals surface area contributed by atoms with Crippen molar-refractivity contribution in [3.05, 3.63) is 22.7 Å². The first-order chi connectivity index (χ1) is 9.35. The van der Waals surface area contributed by atoms with Gasteiger partial charge < -0.3 is 14.4 Å². The number of esters is 1. The lowest BCUT2D eigenvalue weighted by molar-refractivity contribution is -0.150. The molecule has 0 bridgehead atoms. The smallest absolute Gasteiger partial charge is 0.313 e. The zero-order valence-corrected chi connectivity index (χ0v) is 13.2. The summed E-state index contributed by atoms with van der Waals surface area (Å²) in [5.74, 6) is 0.106. The van der Waals surface area contributed by atoms with E-state index in [1.165, 1.54) is 7.11 Å². The number of nitrogens with zero attached hydrogens (tertiary/aromatic N) is 1. The van der Waals surface area contributed by atoms with Crippen molar-refractivity contribution in [1.29, 1.82) is 0 Å². The Labute approximate surface area is 126 Å². The summed E-state index contributed by atoms with van der Waals surface area (Å²) in [4.78, 5) is 25.5. The highest BCUT2D eigenvalue weighted by Crippen LogP contribution is 2.36. The minimum Gasteiger partial charge on any atom is -0.482 e. The Bertz CT molecular complexity index is 556. The number of ether oxygens (including phenoxy) is 2. The average molecular weight is 342 g/mol. The van der Waals surface area contributed by atoms with E-state index < -0.39 is 5.41 Å². The average Bonchev–Trinajstić information content (AvgIpc) is 2.41. The van der Waals surface area contributed by atoms with Crippen LogP contribution in [0.15, 0.2) is 22.7 Å². The van der Waals surface area contributed by atoms with Crippen molar-refractivity contribution in [3.63, 3.8) is 0 Å². The molecule has 0 atom stereocenters. The Morgan fingerprint density at radius 3 is 2.85 bits per heavy atom. The lowest BCUT2D eigenvalue weighted by Gasteiger charge is -2.34. The van der Waals surface area contributed by atoms with Gasteiger partial charge in [-0.15, -0.1) is 0 Å². The molecule has 0 saturated heterocycles. The molecule has 0 aromatic heterocycles. The Morgan fingerprint density at radius 2 is 2.20 bits per heavy atom. The number of methoxy groups -OCH3 is 1. The maximum atomic E-state index is 12.1. The molecule has 1 aliphatic rings. The topological polar surface area (TPSA) is 55.8 Å². The van der Waals surface area contributed by atoms with E-state index in [-0.39, 0.29) is 25.0 Å². The van der Waals surface area contributed by atoms with Gasteiger partial charge in [-0.25, -0.2) is 0 Å². The van der Waals surface area contributed by atoms with Gasteiger partial charge in [-0.3, -0.25) is 9.59 Å². The van der Waals surface area contributed by atoms with Gasteiger partial charge in [0.25, 0.3) is 5.91 Å². The Balaban J connectivity index is 2.35. The molecule has 2 rings (SSSR count). The van der Waals surface area contributed by atoms with Crippen molar-refractivity contribution in [1.82, 2.24) is 0 Å². The van der Waals surface area contributed by atoms with E-state index in [9.17, 15) is 9.59 Å². The molecule has 1 aromatic rings. The fourth-order valence-corrected chi connectivity index (χ4v) is 2.43. The van der Waals surface area contributed by atoms with Crippen molar-refractivity contribution in [3.8, 4) is 5.75 Å². The summed E-state index contributed by atoms with van der Waals surface area (Å²) < 4.78 is 11.0. The molecule has 0 aliphatic carbocycles. The zero-order chi connectivity index (χ0) is 14.9. The van der Waals surface area contributed by atoms with Crippen LogP contribution in [0.25, 0.3) is 0 Å². The third kappa shape index (κ3) is 2.80. The fourth-order valence-electron chi connectivity index (χ4n) is 2.08. The minimum absolute atomic E-state index is 0.0219. The van der Waals surface area contributed by atoms with E-state index in [0.29, 0.717) is 11.4 Å². The van der Waals surface area contributed by atoms with Crippen LogP contribution in [-0.2, 0) is 14.3 Å². The number of anilines is 1. The first-order valence-corrected chi connectivity index (χ1v) is 6.95. The van der Waals surface area contributed by atoms with Crippen LogP contribution in [0.5, 0.6) is 5.75 Å². The maximum Gasteiger partial charge on any atom is 0.313 e. The second-order valence-electron chi connectivity index (χ2n) is 5.26. The van der Waals surface area contributed by atoms with E-state index in [2.05, 4.69) is 15.9 Å². The van der Waals surface area contributed by atoms with Gasteiger partial charge in [0.2, 0.25) is 0 Å². The summed E-state index contributed by atoms with van der Waals surface area (Å²) >= 11 is 3.37. The third-order valence-electron chi connectivity index (χ3n) is 3.16. The molecule has 108 valence electrons. The Hall–Kier alpha value is -1.56. The SMILES string of the molecule is COC(=O)C(C)(C)CN1C(=O)COc2ccc(Br)cc21. The van der Waals surface area contributed by atoms with Gasteiger partial charge in [0.05, 0.1) is 18.2 Å². The molecule has 0 fully saturated rings. The summed E-state index contributed by atoms with van der Waals surface area (Å²) in [5, 5.41) is 0. The summed E-state index contributed by atoms with van der Waals surface area (Å²) in [5.41, 5.74) is -0.131. The van der Waals surface area contributed by atoms with Crippen LogP contribution < -0.4 is 9.64 Å². The molecule has 6 heteroatoms. The van der Waals surface area contributed by atoms with Gasteiger partial charge in [-0.2, -0.15) is 0 Å². The van der Waals surface area contributed by atoms with E-state index in [1.54, 1.807) is 30.9 Å². The molecule has 0 saturated carbocycles. The highest BCUT2D eigenvalue weighted by molar-refractivity contribution is 9.10. The van der Waals surface area contributed by atoms with Crippen LogP contribution in [0.4, 0.5) is 5.69 Å². The quantitative estimate of drug-likeness (QED) is 0.792. The third-order valence-corrected chi connectivity index (χ3v) is 3.65. The molecular weight excluding hydrogens is 326 g/mol. The van der Waals surface area contributed by atoms with Crippen LogP contribution in [0.2, 0.25) is 0 Å². The van der Waals surface area contributed by atoms with E-state index in [4.69, 9.17) is 9.47 Å². The Kier molecular flexibility index (Phi) is 4.04. The number of benzene rings is 1. The maximum absolute atomic E-state index is 12.1. The molecule has 0 unspecified atom stereocenters. The summed E-state index contributed by atoms with van der Waals surface area (Å²) in [6.45, 7) is 3.72. The second-order valence-corrected chi connectivity index (χ2v) is 6.17. The van der Waals surface area contributed by atoms with Gasteiger partial charge in [-0.1, -0.05) is 15.9 Å². The number of fused-ring (bicyclic) bond motifs is 1. The molecule has 5 nitrogen and oxygen atoms in total. The molecule has 1 amide bonds. The van der Waals surface area contributed by atoms with Crippen molar-refractivity contribution in [2.75, 3.05) is 25.2 Å². The summed E-state index contributed by atoms with van der Waals surface area (Å²) in [6, 6.07) is 5.45.